The molecule has 0 saturated carbocycles. The van der Waals surface area contributed by atoms with Crippen LogP contribution in [0.5, 0.6) is 0 Å². The van der Waals surface area contributed by atoms with Crippen molar-refractivity contribution >= 4 is 11.6 Å². The Morgan fingerprint density at radius 3 is 2.64 bits per heavy atom. The van der Waals surface area contributed by atoms with Crippen LogP contribution < -0.4 is 0 Å². The Balaban J connectivity index is 1.68. The van der Waals surface area contributed by atoms with Gasteiger partial charge in [-0.15, -0.1) is 0 Å². The normalized spacial score (nSPS) is 18.3. The monoisotopic (exact) mass is 310 g/mol. The topological polar surface area (TPSA) is 27.0 Å². The number of benzene rings is 2. The first-order valence-electron chi connectivity index (χ1n) is 7.73. The van der Waals surface area contributed by atoms with Gasteiger partial charge in [0.15, 0.2) is 0 Å². The van der Waals surface area contributed by atoms with Gasteiger partial charge in [0.1, 0.15) is 0 Å². The molecule has 2 aromatic rings. The number of likely N-dealkylation sites (tertiary alicyclic amines) is 1. The maximum absolute atomic E-state index is 8.87. The average Bonchev–Trinajstić information content (AvgIpc) is 2.97. The lowest BCUT2D eigenvalue weighted by atomic mass is 10.0. The fourth-order valence-corrected chi connectivity index (χ4v) is 3.38. The molecule has 2 aromatic carbocycles. The van der Waals surface area contributed by atoms with E-state index in [9.17, 15) is 0 Å². The van der Waals surface area contributed by atoms with Crippen LogP contribution in [0, 0.1) is 11.3 Å². The van der Waals surface area contributed by atoms with Crippen LogP contribution in [-0.4, -0.2) is 17.5 Å². The molecule has 1 aliphatic rings. The Labute approximate surface area is 136 Å². The van der Waals surface area contributed by atoms with E-state index in [0.29, 0.717) is 6.04 Å². The summed E-state index contributed by atoms with van der Waals surface area (Å²) in [5, 5.41) is 9.74. The van der Waals surface area contributed by atoms with Crippen LogP contribution in [0.25, 0.3) is 0 Å². The van der Waals surface area contributed by atoms with Gasteiger partial charge in [-0.05, 0) is 55.1 Å². The minimum absolute atomic E-state index is 0.551. The number of hydrogen-bond donors (Lipinski definition) is 0. The fourth-order valence-electron chi connectivity index (χ4n) is 3.17. The molecule has 22 heavy (non-hydrogen) atoms. The molecule has 0 aliphatic carbocycles. The van der Waals surface area contributed by atoms with E-state index in [1.807, 2.05) is 24.3 Å². The third-order valence-electron chi connectivity index (χ3n) is 4.38. The van der Waals surface area contributed by atoms with Gasteiger partial charge in [-0.1, -0.05) is 41.9 Å². The fraction of sp³-hybridized carbons (Fsp3) is 0.316. The van der Waals surface area contributed by atoms with Gasteiger partial charge in [0.25, 0.3) is 0 Å². The maximum atomic E-state index is 8.87. The standard InChI is InChI=1S/C19H19ClN2/c20-19-6-2-1-4-17(19)12-18-5-3-11-22(18)14-16-9-7-15(13-21)8-10-16/h1-2,4,6-10,18H,3,5,11-12,14H2/t18-/m0/s1. The summed E-state index contributed by atoms with van der Waals surface area (Å²) >= 11 is 6.29. The molecule has 112 valence electrons. The Morgan fingerprint density at radius 1 is 1.14 bits per heavy atom. The minimum atomic E-state index is 0.551. The zero-order valence-corrected chi connectivity index (χ0v) is 13.3. The molecule has 3 rings (SSSR count). The molecule has 0 unspecified atom stereocenters. The molecule has 0 bridgehead atoms. The van der Waals surface area contributed by atoms with Gasteiger partial charge in [-0.2, -0.15) is 5.26 Å². The van der Waals surface area contributed by atoms with Crippen LogP contribution in [0.1, 0.15) is 29.5 Å². The first-order chi connectivity index (χ1) is 10.8. The van der Waals surface area contributed by atoms with Crippen molar-refractivity contribution in [2.75, 3.05) is 6.54 Å². The summed E-state index contributed by atoms with van der Waals surface area (Å²) in [6, 6.07) is 18.8. The van der Waals surface area contributed by atoms with E-state index in [0.717, 1.165) is 30.1 Å². The van der Waals surface area contributed by atoms with Gasteiger partial charge in [-0.25, -0.2) is 0 Å². The number of hydrogen-bond acceptors (Lipinski definition) is 2. The molecule has 1 atom stereocenters. The minimum Gasteiger partial charge on any atom is -0.296 e. The second kappa shape index (κ2) is 6.96. The van der Waals surface area contributed by atoms with Crippen molar-refractivity contribution in [3.8, 4) is 6.07 Å². The molecule has 1 aliphatic heterocycles. The molecule has 3 heteroatoms. The second-order valence-electron chi connectivity index (χ2n) is 5.87. The van der Waals surface area contributed by atoms with E-state index in [2.05, 4.69) is 35.2 Å². The van der Waals surface area contributed by atoms with E-state index in [-0.39, 0.29) is 0 Å². The van der Waals surface area contributed by atoms with Crippen molar-refractivity contribution in [1.29, 1.82) is 5.26 Å². The van der Waals surface area contributed by atoms with Crippen molar-refractivity contribution in [2.45, 2.75) is 31.8 Å². The average molecular weight is 311 g/mol. The molecule has 1 heterocycles. The largest absolute Gasteiger partial charge is 0.296 e. The molecule has 0 spiro atoms. The van der Waals surface area contributed by atoms with E-state index in [4.69, 9.17) is 16.9 Å². The SMILES string of the molecule is N#Cc1ccc(CN2CCC[C@H]2Cc2ccccc2Cl)cc1. The van der Waals surface area contributed by atoms with E-state index >= 15 is 0 Å². The predicted molar refractivity (Wildman–Crippen MR) is 89.7 cm³/mol. The van der Waals surface area contributed by atoms with Gasteiger partial charge >= 0.3 is 0 Å². The van der Waals surface area contributed by atoms with Crippen molar-refractivity contribution in [2.24, 2.45) is 0 Å². The lowest BCUT2D eigenvalue weighted by Crippen LogP contribution is -2.30. The van der Waals surface area contributed by atoms with Crippen LogP contribution in [0.2, 0.25) is 5.02 Å². The van der Waals surface area contributed by atoms with Crippen molar-refractivity contribution in [1.82, 2.24) is 4.90 Å². The second-order valence-corrected chi connectivity index (χ2v) is 6.28. The highest BCUT2D eigenvalue weighted by Crippen LogP contribution is 2.26. The first-order valence-corrected chi connectivity index (χ1v) is 8.10. The van der Waals surface area contributed by atoms with Gasteiger partial charge in [-0.3, -0.25) is 4.90 Å². The number of nitriles is 1. The summed E-state index contributed by atoms with van der Waals surface area (Å²) in [6.45, 7) is 2.08. The summed E-state index contributed by atoms with van der Waals surface area (Å²) in [5.74, 6) is 0. The molecular weight excluding hydrogens is 292 g/mol. The summed E-state index contributed by atoms with van der Waals surface area (Å²) in [4.78, 5) is 2.53. The van der Waals surface area contributed by atoms with Gasteiger partial charge in [0, 0.05) is 17.6 Å². The van der Waals surface area contributed by atoms with Crippen LogP contribution in [0.4, 0.5) is 0 Å². The summed E-state index contributed by atoms with van der Waals surface area (Å²) < 4.78 is 0. The van der Waals surface area contributed by atoms with E-state index < -0.39 is 0 Å². The zero-order chi connectivity index (χ0) is 15.4. The lowest BCUT2D eigenvalue weighted by Gasteiger charge is -2.25. The maximum Gasteiger partial charge on any atom is 0.0991 e. The van der Waals surface area contributed by atoms with Gasteiger partial charge in [0.2, 0.25) is 0 Å². The highest BCUT2D eigenvalue weighted by molar-refractivity contribution is 6.31. The molecular formula is C19H19ClN2. The van der Waals surface area contributed by atoms with E-state index in [1.165, 1.54) is 24.0 Å². The third-order valence-corrected chi connectivity index (χ3v) is 4.75. The summed E-state index contributed by atoms with van der Waals surface area (Å²) in [7, 11) is 0. The van der Waals surface area contributed by atoms with Crippen LogP contribution in [0.15, 0.2) is 48.5 Å². The van der Waals surface area contributed by atoms with Crippen molar-refractivity contribution < 1.29 is 0 Å². The summed E-state index contributed by atoms with van der Waals surface area (Å²) in [5.41, 5.74) is 3.23. The van der Waals surface area contributed by atoms with E-state index in [1.54, 1.807) is 0 Å². The first kappa shape index (κ1) is 15.1. The zero-order valence-electron chi connectivity index (χ0n) is 12.5. The number of halogens is 1. The Kier molecular flexibility index (Phi) is 4.77. The molecule has 0 N–H and O–H groups in total. The number of nitrogens with zero attached hydrogens (tertiary/aromatic N) is 2. The number of rotatable bonds is 4. The van der Waals surface area contributed by atoms with Gasteiger partial charge < -0.3 is 0 Å². The highest BCUT2D eigenvalue weighted by atomic mass is 35.5. The predicted octanol–water partition coefficient (Wildman–Crippen LogP) is 4.42. The molecule has 0 aromatic heterocycles. The van der Waals surface area contributed by atoms with Gasteiger partial charge in [0.05, 0.1) is 11.6 Å². The third kappa shape index (κ3) is 3.50. The van der Waals surface area contributed by atoms with Crippen LogP contribution in [-0.2, 0) is 13.0 Å². The molecule has 0 radical (unpaired) electrons. The molecule has 2 nitrogen and oxygen atoms in total. The Bertz CT molecular complexity index is 673. The van der Waals surface area contributed by atoms with Crippen LogP contribution >= 0.6 is 11.6 Å². The Morgan fingerprint density at radius 2 is 1.91 bits per heavy atom. The van der Waals surface area contributed by atoms with Crippen molar-refractivity contribution in [3.05, 3.63) is 70.2 Å². The van der Waals surface area contributed by atoms with Crippen molar-refractivity contribution in [3.63, 3.8) is 0 Å². The smallest absolute Gasteiger partial charge is 0.0991 e. The quantitative estimate of drug-likeness (QED) is 0.836. The summed E-state index contributed by atoms with van der Waals surface area (Å²) in [6.07, 6.45) is 3.48. The molecule has 1 saturated heterocycles. The lowest BCUT2D eigenvalue weighted by molar-refractivity contribution is 0.244. The molecule has 1 fully saturated rings. The molecule has 0 amide bonds. The highest BCUT2D eigenvalue weighted by Gasteiger charge is 2.25. The Hall–Kier alpha value is -1.82. The van der Waals surface area contributed by atoms with Crippen LogP contribution in [0.3, 0.4) is 0 Å².